The molecule has 0 fully saturated rings. The molecule has 9 nitrogen and oxygen atoms in total. The first-order valence-corrected chi connectivity index (χ1v) is 17.0. The van der Waals surface area contributed by atoms with Gasteiger partial charge in [-0.2, -0.15) is 0 Å². The van der Waals surface area contributed by atoms with Gasteiger partial charge in [-0.1, -0.05) is 64.3 Å². The molecule has 0 saturated heterocycles. The number of furan rings is 1. The predicted molar refractivity (Wildman–Crippen MR) is 170 cm³/mol. The average molecular weight is 630 g/mol. The minimum atomic E-state index is -5.17. The van der Waals surface area contributed by atoms with E-state index in [1.807, 2.05) is 26.0 Å². The van der Waals surface area contributed by atoms with E-state index in [0.29, 0.717) is 39.8 Å². The molecule has 1 heterocycles. The maximum atomic E-state index is 13.8. The second-order valence-corrected chi connectivity index (χ2v) is 12.1. The molecule has 244 valence electrons. The Bertz CT molecular complexity index is 1410. The minimum absolute atomic E-state index is 0.0638. The zero-order valence-corrected chi connectivity index (χ0v) is 27.5. The summed E-state index contributed by atoms with van der Waals surface area (Å²) in [6.07, 6.45) is 9.48. The molecule has 0 atom stereocenters. The molecule has 44 heavy (non-hydrogen) atoms. The summed E-state index contributed by atoms with van der Waals surface area (Å²) in [7, 11) is -5.17. The molecule has 2 aromatic carbocycles. The number of esters is 1. The van der Waals surface area contributed by atoms with Crippen molar-refractivity contribution in [2.45, 2.75) is 98.5 Å². The fourth-order valence-electron chi connectivity index (χ4n) is 4.89. The summed E-state index contributed by atoms with van der Waals surface area (Å²) in [6, 6.07) is 13.2. The van der Waals surface area contributed by atoms with Crippen molar-refractivity contribution in [1.29, 1.82) is 0 Å². The number of nitrogens with zero attached hydrogens (tertiary/aromatic N) is 1. The number of hydrogen-bond donors (Lipinski definition) is 0. The van der Waals surface area contributed by atoms with E-state index in [0.717, 1.165) is 32.2 Å². The lowest BCUT2D eigenvalue weighted by Gasteiger charge is -2.21. The van der Waals surface area contributed by atoms with Crippen molar-refractivity contribution in [2.75, 3.05) is 19.6 Å². The first-order valence-electron chi connectivity index (χ1n) is 15.7. The first kappa shape index (κ1) is 37.1. The molecule has 0 spiro atoms. The molecule has 0 aliphatic carbocycles. The zero-order valence-electron chi connectivity index (χ0n) is 26.7. The first-order chi connectivity index (χ1) is 20.9. The van der Waals surface area contributed by atoms with Crippen molar-refractivity contribution in [1.82, 2.24) is 4.90 Å². The maximum Gasteiger partial charge on any atom is 0.338 e. The molecule has 1 aromatic heterocycles. The van der Waals surface area contributed by atoms with Crippen LogP contribution >= 0.6 is 0 Å². The van der Waals surface area contributed by atoms with Crippen LogP contribution in [0.5, 0.6) is 0 Å². The fourth-order valence-corrected chi connectivity index (χ4v) is 4.89. The molecule has 0 aliphatic rings. The normalized spacial score (nSPS) is 11.6. The van der Waals surface area contributed by atoms with Crippen molar-refractivity contribution >= 4 is 33.1 Å². The van der Waals surface area contributed by atoms with Crippen LogP contribution in [0.25, 0.3) is 11.0 Å². The second-order valence-electron chi connectivity index (χ2n) is 11.3. The Balaban J connectivity index is 0.00000125. The smallest absolute Gasteiger partial charge is 0.338 e. The number of unbranched alkanes of at least 4 members (excludes halogenated alkanes) is 3. The Labute approximate surface area is 262 Å². The lowest BCUT2D eigenvalue weighted by atomic mass is 9.96. The van der Waals surface area contributed by atoms with Gasteiger partial charge in [0.05, 0.1) is 17.2 Å². The van der Waals surface area contributed by atoms with Crippen LogP contribution in [0, 0.1) is 0 Å². The van der Waals surface area contributed by atoms with Crippen LogP contribution in [0.2, 0.25) is 0 Å². The molecule has 0 amide bonds. The highest BCUT2D eigenvalue weighted by atomic mass is 32.3. The number of rotatable bonds is 17. The van der Waals surface area contributed by atoms with Gasteiger partial charge in [-0.25, -0.2) is 4.79 Å². The molecule has 10 heteroatoms. The summed E-state index contributed by atoms with van der Waals surface area (Å²) in [4.78, 5) is 28.9. The Kier molecular flexibility index (Phi) is 15.8. The van der Waals surface area contributed by atoms with Gasteiger partial charge in [0, 0.05) is 27.8 Å². The van der Waals surface area contributed by atoms with Crippen LogP contribution in [0.1, 0.15) is 117 Å². The van der Waals surface area contributed by atoms with E-state index in [9.17, 15) is 9.59 Å². The molecular weight excluding hydrogens is 582 g/mol. The molecular formula is C34H47NO8S-2. The molecule has 0 radical (unpaired) electrons. The van der Waals surface area contributed by atoms with Crippen LogP contribution < -0.4 is 0 Å². The van der Waals surface area contributed by atoms with E-state index in [1.54, 1.807) is 18.2 Å². The summed E-state index contributed by atoms with van der Waals surface area (Å²) >= 11 is 0. The lowest BCUT2D eigenvalue weighted by Crippen LogP contribution is -2.27. The van der Waals surface area contributed by atoms with E-state index in [1.165, 1.54) is 44.3 Å². The Morgan fingerprint density at radius 2 is 1.36 bits per heavy atom. The summed E-state index contributed by atoms with van der Waals surface area (Å²) in [5, 5.41) is 0.674. The molecule has 0 saturated carbocycles. The van der Waals surface area contributed by atoms with Crippen LogP contribution in [-0.4, -0.2) is 59.9 Å². The highest BCUT2D eigenvalue weighted by molar-refractivity contribution is 7.79. The number of ether oxygens (including phenoxy) is 1. The number of carbonyl (C=O) groups is 2. The average Bonchev–Trinajstić information content (AvgIpc) is 3.33. The third kappa shape index (κ3) is 12.9. The van der Waals surface area contributed by atoms with E-state index in [-0.39, 0.29) is 11.9 Å². The predicted octanol–water partition coefficient (Wildman–Crippen LogP) is 7.07. The van der Waals surface area contributed by atoms with Gasteiger partial charge in [-0.15, -0.1) is 0 Å². The van der Waals surface area contributed by atoms with Gasteiger partial charge in [0.25, 0.3) is 0 Å². The highest BCUT2D eigenvalue weighted by Gasteiger charge is 2.23. The van der Waals surface area contributed by atoms with Gasteiger partial charge in [0.2, 0.25) is 0 Å². The topological polar surface area (TPSA) is 140 Å². The van der Waals surface area contributed by atoms with Crippen LogP contribution in [0.15, 0.2) is 46.9 Å². The van der Waals surface area contributed by atoms with Gasteiger partial charge in [-0.05, 0) is 89.3 Å². The van der Waals surface area contributed by atoms with Gasteiger partial charge in [0.1, 0.15) is 11.3 Å². The number of hydrogen-bond acceptors (Lipinski definition) is 9. The number of ketones is 1. The van der Waals surface area contributed by atoms with Crippen molar-refractivity contribution in [3.05, 3.63) is 70.5 Å². The Morgan fingerprint density at radius 1 is 0.818 bits per heavy atom. The lowest BCUT2D eigenvalue weighted by molar-refractivity contribution is 0.0378. The number of fused-ring (bicyclic) bond motifs is 1. The molecule has 0 aliphatic heterocycles. The van der Waals surface area contributed by atoms with Gasteiger partial charge in [-0.3, -0.25) is 13.2 Å². The van der Waals surface area contributed by atoms with Gasteiger partial charge >= 0.3 is 5.97 Å². The summed E-state index contributed by atoms with van der Waals surface area (Å²) < 4.78 is 45.6. The summed E-state index contributed by atoms with van der Waals surface area (Å²) in [5.41, 5.74) is 3.50. The van der Waals surface area contributed by atoms with E-state index >= 15 is 0 Å². The number of benzene rings is 2. The highest BCUT2D eigenvalue weighted by Crippen LogP contribution is 2.31. The zero-order chi connectivity index (χ0) is 32.7. The maximum absolute atomic E-state index is 13.8. The SMILES string of the molecule is CCCCc1oc2ccc(C(=O)OC(C)C)cc2c1C(=O)c1ccc(CCCN(CCCC)CCCC)cc1.O=S(=O)([O-])[O-]. The quantitative estimate of drug-likeness (QED) is 0.0663. The van der Waals surface area contributed by atoms with Crippen LogP contribution in [0.4, 0.5) is 0 Å². The molecule has 0 bridgehead atoms. The fraction of sp³-hybridized carbons (Fsp3) is 0.529. The third-order valence-corrected chi connectivity index (χ3v) is 7.14. The van der Waals surface area contributed by atoms with E-state index in [4.69, 9.17) is 26.7 Å². The number of carbonyl (C=O) groups excluding carboxylic acids is 2. The Hall–Kier alpha value is -3.05. The van der Waals surface area contributed by atoms with Crippen LogP contribution in [0.3, 0.4) is 0 Å². The minimum Gasteiger partial charge on any atom is -0.759 e. The van der Waals surface area contributed by atoms with Crippen molar-refractivity contribution < 1.29 is 36.3 Å². The largest absolute Gasteiger partial charge is 0.759 e. The van der Waals surface area contributed by atoms with E-state index in [2.05, 4.69) is 37.8 Å². The third-order valence-electron chi connectivity index (χ3n) is 7.14. The summed E-state index contributed by atoms with van der Waals surface area (Å²) in [5.74, 6) is 0.231. The Morgan fingerprint density at radius 3 is 1.91 bits per heavy atom. The standard InChI is InChI=1S/C34H47NO4.H2O4S/c1-6-9-14-31-32(29-24-28(19-20-30(29)39-31)34(37)38-25(4)5)33(36)27-17-15-26(16-18-27)13-12-23-35(21-10-7-2)22-11-8-3;1-5(2,3)4/h15-20,24-25H,6-14,21-23H2,1-5H3;(H2,1,2,3,4)/p-2. The number of aryl methyl sites for hydroxylation is 2. The van der Waals surface area contributed by atoms with Gasteiger partial charge < -0.3 is 23.2 Å². The second kappa shape index (κ2) is 18.7. The van der Waals surface area contributed by atoms with Crippen molar-refractivity contribution in [3.8, 4) is 0 Å². The summed E-state index contributed by atoms with van der Waals surface area (Å²) in [6.45, 7) is 13.7. The molecule has 0 unspecified atom stereocenters. The van der Waals surface area contributed by atoms with E-state index < -0.39 is 16.4 Å². The van der Waals surface area contributed by atoms with Crippen LogP contribution in [-0.2, 0) is 28.0 Å². The molecule has 0 N–H and O–H groups in total. The van der Waals surface area contributed by atoms with Crippen molar-refractivity contribution in [2.24, 2.45) is 0 Å². The molecule has 3 rings (SSSR count). The van der Waals surface area contributed by atoms with Gasteiger partial charge in [0.15, 0.2) is 5.78 Å². The van der Waals surface area contributed by atoms with Crippen molar-refractivity contribution in [3.63, 3.8) is 0 Å². The monoisotopic (exact) mass is 629 g/mol. The molecule has 3 aromatic rings.